The third-order valence-electron chi connectivity index (χ3n) is 3.63. The van der Waals surface area contributed by atoms with Crippen molar-refractivity contribution in [1.29, 1.82) is 0 Å². The van der Waals surface area contributed by atoms with E-state index in [9.17, 15) is 9.18 Å². The fraction of sp³-hybridized carbons (Fsp3) is 0.375. The Bertz CT molecular complexity index is 704. The van der Waals surface area contributed by atoms with Gasteiger partial charge in [-0.1, -0.05) is 0 Å². The Balaban J connectivity index is 0.00000208. The van der Waals surface area contributed by atoms with Crippen LogP contribution in [0, 0.1) is 12.7 Å². The molecule has 2 heterocycles. The molecule has 2 N–H and O–H groups in total. The zero-order chi connectivity index (χ0) is 16.2. The number of amides is 1. The van der Waals surface area contributed by atoms with Crippen molar-refractivity contribution in [3.63, 3.8) is 0 Å². The van der Waals surface area contributed by atoms with E-state index in [2.05, 4.69) is 15.6 Å². The van der Waals surface area contributed by atoms with E-state index in [1.54, 1.807) is 19.1 Å². The molecule has 3 rings (SSSR count). The number of nitrogens with zero attached hydrogens (tertiary/aromatic N) is 1. The largest absolute Gasteiger partial charge is 0.378 e. The van der Waals surface area contributed by atoms with E-state index in [4.69, 9.17) is 4.74 Å². The Morgan fingerprint density at radius 2 is 2.38 bits per heavy atom. The molecule has 1 aliphatic heterocycles. The number of hydrogen-bond donors (Lipinski definition) is 2. The van der Waals surface area contributed by atoms with Gasteiger partial charge < -0.3 is 15.4 Å². The number of benzene rings is 1. The van der Waals surface area contributed by atoms with Crippen LogP contribution >= 0.6 is 23.7 Å². The second-order valence-electron chi connectivity index (χ2n) is 5.48. The molecule has 0 bridgehead atoms. The van der Waals surface area contributed by atoms with Crippen molar-refractivity contribution >= 4 is 34.8 Å². The third kappa shape index (κ3) is 4.73. The van der Waals surface area contributed by atoms with Gasteiger partial charge in [0.1, 0.15) is 5.82 Å². The summed E-state index contributed by atoms with van der Waals surface area (Å²) < 4.78 is 18.7. The first kappa shape index (κ1) is 18.8. The van der Waals surface area contributed by atoms with Crippen LogP contribution in [0.2, 0.25) is 0 Å². The van der Waals surface area contributed by atoms with Crippen LogP contribution in [0.5, 0.6) is 0 Å². The molecule has 1 aliphatic rings. The van der Waals surface area contributed by atoms with Crippen LogP contribution in [0.3, 0.4) is 0 Å². The number of aryl methyl sites for hydroxylation is 1. The second-order valence-corrected chi connectivity index (χ2v) is 6.34. The van der Waals surface area contributed by atoms with Crippen molar-refractivity contribution < 1.29 is 13.9 Å². The van der Waals surface area contributed by atoms with Crippen molar-refractivity contribution in [2.24, 2.45) is 0 Å². The maximum Gasteiger partial charge on any atom is 0.227 e. The lowest BCUT2D eigenvalue weighted by Gasteiger charge is -2.22. The molecule has 1 saturated heterocycles. The Hall–Kier alpha value is -1.54. The number of carbonyl (C=O) groups excluding carboxylic acids is 1. The molecule has 1 atom stereocenters. The number of halogens is 2. The van der Waals surface area contributed by atoms with E-state index in [1.165, 1.54) is 17.4 Å². The number of rotatable bonds is 4. The van der Waals surface area contributed by atoms with E-state index < -0.39 is 0 Å². The summed E-state index contributed by atoms with van der Waals surface area (Å²) in [5.41, 5.74) is 2.14. The lowest BCUT2D eigenvalue weighted by Crippen LogP contribution is -2.43. The molecule has 1 aromatic heterocycles. The zero-order valence-electron chi connectivity index (χ0n) is 13.2. The molecule has 0 spiro atoms. The van der Waals surface area contributed by atoms with Gasteiger partial charge in [-0.05, 0) is 30.7 Å². The van der Waals surface area contributed by atoms with Gasteiger partial charge in [0, 0.05) is 30.0 Å². The van der Waals surface area contributed by atoms with E-state index in [-0.39, 0.29) is 30.2 Å². The van der Waals surface area contributed by atoms with Crippen molar-refractivity contribution in [2.75, 3.05) is 25.1 Å². The monoisotopic (exact) mass is 371 g/mol. The average Bonchev–Trinajstić information content (AvgIpc) is 2.99. The zero-order valence-corrected chi connectivity index (χ0v) is 14.8. The summed E-state index contributed by atoms with van der Waals surface area (Å²) in [4.78, 5) is 16.4. The Morgan fingerprint density at radius 1 is 1.54 bits per heavy atom. The molecule has 5 nitrogen and oxygen atoms in total. The van der Waals surface area contributed by atoms with Crippen LogP contribution in [-0.2, 0) is 9.53 Å². The van der Waals surface area contributed by atoms with E-state index >= 15 is 0 Å². The summed E-state index contributed by atoms with van der Waals surface area (Å²) in [7, 11) is 0. The summed E-state index contributed by atoms with van der Waals surface area (Å²) >= 11 is 1.36. The topological polar surface area (TPSA) is 63.2 Å². The number of ether oxygens (including phenoxy) is 1. The predicted octanol–water partition coefficient (Wildman–Crippen LogP) is 3.00. The summed E-state index contributed by atoms with van der Waals surface area (Å²) in [5, 5.41) is 8.44. The van der Waals surface area contributed by atoms with Crippen LogP contribution in [-0.4, -0.2) is 36.7 Å². The van der Waals surface area contributed by atoms with Crippen molar-refractivity contribution in [1.82, 2.24) is 10.3 Å². The molecular weight excluding hydrogens is 353 g/mol. The quantitative estimate of drug-likeness (QED) is 0.867. The summed E-state index contributed by atoms with van der Waals surface area (Å²) in [6, 6.07) is 4.91. The first-order valence-corrected chi connectivity index (χ1v) is 8.33. The molecule has 1 unspecified atom stereocenters. The Kier molecular flexibility index (Phi) is 6.68. The molecule has 130 valence electrons. The van der Waals surface area contributed by atoms with Crippen LogP contribution in [0.1, 0.15) is 12.0 Å². The van der Waals surface area contributed by atoms with Gasteiger partial charge in [-0.3, -0.25) is 4.79 Å². The van der Waals surface area contributed by atoms with Crippen molar-refractivity contribution in [2.45, 2.75) is 19.4 Å². The molecule has 0 aliphatic carbocycles. The van der Waals surface area contributed by atoms with Gasteiger partial charge in [0.15, 0.2) is 5.13 Å². The fourth-order valence-corrected chi connectivity index (χ4v) is 3.15. The first-order chi connectivity index (χ1) is 11.1. The normalized spacial score (nSPS) is 17.2. The number of morpholine rings is 1. The number of thiazole rings is 1. The maximum absolute atomic E-state index is 13.3. The van der Waals surface area contributed by atoms with E-state index in [0.717, 1.165) is 17.8 Å². The molecule has 8 heteroatoms. The van der Waals surface area contributed by atoms with E-state index in [0.29, 0.717) is 30.3 Å². The first-order valence-electron chi connectivity index (χ1n) is 7.45. The fourth-order valence-electron chi connectivity index (χ4n) is 2.41. The highest BCUT2D eigenvalue weighted by atomic mass is 35.5. The lowest BCUT2D eigenvalue weighted by molar-refractivity contribution is -0.117. The molecule has 0 saturated carbocycles. The molecule has 2 aromatic rings. The van der Waals surface area contributed by atoms with Gasteiger partial charge in [0.2, 0.25) is 5.91 Å². The predicted molar refractivity (Wildman–Crippen MR) is 95.3 cm³/mol. The summed E-state index contributed by atoms with van der Waals surface area (Å²) in [6.07, 6.45) is 0.352. The highest BCUT2D eigenvalue weighted by Gasteiger charge is 2.17. The lowest BCUT2D eigenvalue weighted by atomic mass is 10.1. The van der Waals surface area contributed by atoms with Crippen LogP contribution in [0.15, 0.2) is 23.6 Å². The van der Waals surface area contributed by atoms with Gasteiger partial charge in [0.25, 0.3) is 0 Å². The molecule has 24 heavy (non-hydrogen) atoms. The van der Waals surface area contributed by atoms with Gasteiger partial charge in [0.05, 0.1) is 18.9 Å². The third-order valence-corrected chi connectivity index (χ3v) is 4.39. The highest BCUT2D eigenvalue weighted by Crippen LogP contribution is 2.26. The maximum atomic E-state index is 13.3. The average molecular weight is 372 g/mol. The Morgan fingerprint density at radius 3 is 3.08 bits per heavy atom. The SMILES string of the molecule is Cc1cc(-c2csc(NC(=O)CC3COCCN3)n2)ccc1F.Cl. The molecular formula is C16H19ClFN3O2S. The van der Waals surface area contributed by atoms with Gasteiger partial charge in [-0.15, -0.1) is 23.7 Å². The highest BCUT2D eigenvalue weighted by molar-refractivity contribution is 7.14. The van der Waals surface area contributed by atoms with Crippen molar-refractivity contribution in [3.05, 3.63) is 35.0 Å². The van der Waals surface area contributed by atoms with Gasteiger partial charge in [-0.2, -0.15) is 0 Å². The minimum Gasteiger partial charge on any atom is -0.378 e. The molecule has 1 aromatic carbocycles. The number of carbonyl (C=O) groups is 1. The minimum absolute atomic E-state index is 0. The molecule has 1 fully saturated rings. The number of hydrogen-bond acceptors (Lipinski definition) is 5. The Labute approximate surface area is 150 Å². The van der Waals surface area contributed by atoms with Crippen molar-refractivity contribution in [3.8, 4) is 11.3 Å². The smallest absolute Gasteiger partial charge is 0.227 e. The van der Waals surface area contributed by atoms with Gasteiger partial charge in [-0.25, -0.2) is 9.37 Å². The standard InChI is InChI=1S/C16H18FN3O2S.ClH/c1-10-6-11(2-3-13(10)17)14-9-23-16(19-14)20-15(21)7-12-8-22-5-4-18-12;/h2-3,6,9,12,18H,4-5,7-8H2,1H3,(H,19,20,21);1H. The minimum atomic E-state index is -0.236. The van der Waals surface area contributed by atoms with Crippen LogP contribution < -0.4 is 10.6 Å². The number of nitrogens with one attached hydrogen (secondary N) is 2. The molecule has 1 amide bonds. The number of aromatic nitrogens is 1. The second kappa shape index (κ2) is 8.53. The van der Waals surface area contributed by atoms with Crippen LogP contribution in [0.4, 0.5) is 9.52 Å². The van der Waals surface area contributed by atoms with Crippen LogP contribution in [0.25, 0.3) is 11.3 Å². The number of anilines is 1. The summed E-state index contributed by atoms with van der Waals surface area (Å²) in [6.45, 7) is 3.72. The van der Waals surface area contributed by atoms with E-state index in [1.807, 2.05) is 5.38 Å². The summed E-state index contributed by atoms with van der Waals surface area (Å²) in [5.74, 6) is -0.330. The van der Waals surface area contributed by atoms with Gasteiger partial charge >= 0.3 is 0 Å². The molecule has 0 radical (unpaired) electrons.